The molecule has 94 valence electrons. The normalized spacial score (nSPS) is 12.5. The van der Waals surface area contributed by atoms with Crippen LogP contribution in [0.4, 0.5) is 0 Å². The fourth-order valence-electron chi connectivity index (χ4n) is 2.25. The van der Waals surface area contributed by atoms with Gasteiger partial charge in [-0.1, -0.05) is 42.0 Å². The zero-order chi connectivity index (χ0) is 13.3. The summed E-state index contributed by atoms with van der Waals surface area (Å²) in [6.45, 7) is 8.50. The highest BCUT2D eigenvalue weighted by atomic mass is 35.5. The van der Waals surface area contributed by atoms with E-state index in [-0.39, 0.29) is 5.38 Å². The molecular formula is C17H19Cl. The molecule has 1 atom stereocenters. The van der Waals surface area contributed by atoms with Crippen LogP contribution in [-0.2, 0) is 0 Å². The van der Waals surface area contributed by atoms with Gasteiger partial charge in [0.15, 0.2) is 0 Å². The van der Waals surface area contributed by atoms with Gasteiger partial charge in [-0.25, -0.2) is 0 Å². The molecule has 2 aromatic carbocycles. The molecule has 2 aromatic rings. The van der Waals surface area contributed by atoms with Gasteiger partial charge < -0.3 is 0 Å². The fraction of sp³-hybridized carbons (Fsp3) is 0.294. The van der Waals surface area contributed by atoms with Gasteiger partial charge in [0.25, 0.3) is 0 Å². The number of rotatable bonds is 2. The van der Waals surface area contributed by atoms with Crippen molar-refractivity contribution in [2.75, 3.05) is 0 Å². The molecule has 1 heteroatoms. The van der Waals surface area contributed by atoms with Gasteiger partial charge in [-0.2, -0.15) is 0 Å². The van der Waals surface area contributed by atoms with Crippen LogP contribution in [0.1, 0.15) is 38.8 Å². The van der Waals surface area contributed by atoms with E-state index < -0.39 is 0 Å². The van der Waals surface area contributed by atoms with Crippen LogP contribution in [0.15, 0.2) is 36.4 Å². The molecule has 0 nitrogen and oxygen atoms in total. The van der Waals surface area contributed by atoms with E-state index in [2.05, 4.69) is 64.1 Å². The Morgan fingerprint density at radius 2 is 1.56 bits per heavy atom. The Morgan fingerprint density at radius 1 is 0.833 bits per heavy atom. The lowest BCUT2D eigenvalue weighted by molar-refractivity contribution is 1.07. The minimum atomic E-state index is -0.0650. The van der Waals surface area contributed by atoms with Crippen LogP contribution in [0.2, 0.25) is 0 Å². The average molecular weight is 259 g/mol. The Balaban J connectivity index is 2.51. The van der Waals surface area contributed by atoms with Crippen LogP contribution >= 0.6 is 11.6 Å². The minimum absolute atomic E-state index is 0.0650. The second-order valence-electron chi connectivity index (χ2n) is 5.01. The number of hydrogen-bond acceptors (Lipinski definition) is 0. The monoisotopic (exact) mass is 258 g/mol. The molecule has 0 aliphatic heterocycles. The molecule has 0 saturated carbocycles. The Hall–Kier alpha value is -1.27. The number of aryl methyl sites for hydroxylation is 3. The summed E-state index contributed by atoms with van der Waals surface area (Å²) in [5, 5.41) is -0.0650. The third kappa shape index (κ3) is 2.44. The van der Waals surface area contributed by atoms with Crippen LogP contribution in [0, 0.1) is 27.7 Å². The lowest BCUT2D eigenvalue weighted by atomic mass is 9.94. The van der Waals surface area contributed by atoms with Crippen molar-refractivity contribution < 1.29 is 0 Å². The van der Waals surface area contributed by atoms with Crippen molar-refractivity contribution in [1.82, 2.24) is 0 Å². The molecule has 0 bridgehead atoms. The van der Waals surface area contributed by atoms with E-state index in [0.29, 0.717) is 0 Å². The van der Waals surface area contributed by atoms with Gasteiger partial charge >= 0.3 is 0 Å². The first-order chi connectivity index (χ1) is 8.50. The molecule has 18 heavy (non-hydrogen) atoms. The topological polar surface area (TPSA) is 0 Å². The summed E-state index contributed by atoms with van der Waals surface area (Å²) in [5.41, 5.74) is 7.52. The lowest BCUT2D eigenvalue weighted by Crippen LogP contribution is -2.00. The van der Waals surface area contributed by atoms with Crippen LogP contribution < -0.4 is 0 Å². The summed E-state index contributed by atoms with van der Waals surface area (Å²) >= 11 is 6.69. The first-order valence-corrected chi connectivity index (χ1v) is 6.71. The van der Waals surface area contributed by atoms with Crippen LogP contribution in [0.3, 0.4) is 0 Å². The molecule has 0 heterocycles. The summed E-state index contributed by atoms with van der Waals surface area (Å²) in [4.78, 5) is 0. The summed E-state index contributed by atoms with van der Waals surface area (Å²) < 4.78 is 0. The first-order valence-electron chi connectivity index (χ1n) is 6.28. The number of hydrogen-bond donors (Lipinski definition) is 0. The van der Waals surface area contributed by atoms with Gasteiger partial charge in [-0.3, -0.25) is 0 Å². The van der Waals surface area contributed by atoms with Gasteiger partial charge in [0, 0.05) is 0 Å². The summed E-state index contributed by atoms with van der Waals surface area (Å²) in [6.07, 6.45) is 0. The van der Waals surface area contributed by atoms with Crippen molar-refractivity contribution in [3.8, 4) is 0 Å². The molecule has 0 fully saturated rings. The van der Waals surface area contributed by atoms with Gasteiger partial charge in [0.1, 0.15) is 0 Å². The van der Waals surface area contributed by atoms with E-state index in [4.69, 9.17) is 11.6 Å². The highest BCUT2D eigenvalue weighted by Crippen LogP contribution is 2.34. The van der Waals surface area contributed by atoms with Crippen LogP contribution in [0.5, 0.6) is 0 Å². The Morgan fingerprint density at radius 3 is 2.28 bits per heavy atom. The predicted octanol–water partition coefficient (Wildman–Crippen LogP) is 5.25. The van der Waals surface area contributed by atoms with Crippen LogP contribution in [-0.4, -0.2) is 0 Å². The zero-order valence-electron chi connectivity index (χ0n) is 11.4. The Kier molecular flexibility index (Phi) is 3.77. The van der Waals surface area contributed by atoms with Crippen molar-refractivity contribution >= 4 is 11.6 Å². The van der Waals surface area contributed by atoms with Crippen molar-refractivity contribution in [1.29, 1.82) is 0 Å². The molecule has 0 aliphatic rings. The molecule has 0 amide bonds. The second-order valence-corrected chi connectivity index (χ2v) is 5.45. The van der Waals surface area contributed by atoms with Crippen molar-refractivity contribution in [2.45, 2.75) is 33.1 Å². The van der Waals surface area contributed by atoms with Crippen LogP contribution in [0.25, 0.3) is 0 Å². The maximum atomic E-state index is 6.69. The SMILES string of the molecule is Cc1ccc(C)c(C(Cl)c2cccc(C)c2C)c1. The predicted molar refractivity (Wildman–Crippen MR) is 79.5 cm³/mol. The molecular weight excluding hydrogens is 240 g/mol. The minimum Gasteiger partial charge on any atom is -0.113 e. The van der Waals surface area contributed by atoms with Gasteiger partial charge in [-0.15, -0.1) is 11.6 Å². The quantitative estimate of drug-likeness (QED) is 0.646. The van der Waals surface area contributed by atoms with E-state index in [1.807, 2.05) is 0 Å². The average Bonchev–Trinajstić information content (AvgIpc) is 2.35. The first kappa shape index (κ1) is 13.2. The molecule has 0 aliphatic carbocycles. The van der Waals surface area contributed by atoms with Gasteiger partial charge in [0.05, 0.1) is 5.38 Å². The molecule has 2 rings (SSSR count). The maximum absolute atomic E-state index is 6.69. The van der Waals surface area contributed by atoms with Crippen molar-refractivity contribution in [3.63, 3.8) is 0 Å². The second kappa shape index (κ2) is 5.16. The summed E-state index contributed by atoms with van der Waals surface area (Å²) in [5.74, 6) is 0. The van der Waals surface area contributed by atoms with E-state index in [9.17, 15) is 0 Å². The molecule has 0 radical (unpaired) electrons. The van der Waals surface area contributed by atoms with Gasteiger partial charge in [-0.05, 0) is 55.5 Å². The molecule has 0 spiro atoms. The number of alkyl halides is 1. The largest absolute Gasteiger partial charge is 0.113 e. The maximum Gasteiger partial charge on any atom is 0.0840 e. The highest BCUT2D eigenvalue weighted by Gasteiger charge is 2.16. The fourth-order valence-corrected chi connectivity index (χ4v) is 2.72. The lowest BCUT2D eigenvalue weighted by Gasteiger charge is -2.17. The molecule has 0 saturated heterocycles. The number of benzene rings is 2. The third-order valence-corrected chi connectivity index (χ3v) is 4.10. The Labute approximate surface area is 115 Å². The summed E-state index contributed by atoms with van der Waals surface area (Å²) in [6, 6.07) is 12.8. The molecule has 1 unspecified atom stereocenters. The summed E-state index contributed by atoms with van der Waals surface area (Å²) in [7, 11) is 0. The molecule has 0 N–H and O–H groups in total. The van der Waals surface area contributed by atoms with E-state index in [0.717, 1.165) is 0 Å². The smallest absolute Gasteiger partial charge is 0.0840 e. The van der Waals surface area contributed by atoms with E-state index in [1.54, 1.807) is 0 Å². The molecule has 0 aromatic heterocycles. The standard InChI is InChI=1S/C17H19Cl/c1-11-8-9-13(3)16(10-11)17(18)15-7-5-6-12(2)14(15)4/h5-10,17H,1-4H3. The Bertz CT molecular complexity index is 568. The third-order valence-electron chi connectivity index (χ3n) is 3.63. The van der Waals surface area contributed by atoms with Gasteiger partial charge in [0.2, 0.25) is 0 Å². The van der Waals surface area contributed by atoms with Crippen molar-refractivity contribution in [3.05, 3.63) is 69.8 Å². The number of halogens is 1. The zero-order valence-corrected chi connectivity index (χ0v) is 12.2. The van der Waals surface area contributed by atoms with Crippen molar-refractivity contribution in [2.24, 2.45) is 0 Å². The van der Waals surface area contributed by atoms with E-state index in [1.165, 1.54) is 33.4 Å². The highest BCUT2D eigenvalue weighted by molar-refractivity contribution is 6.22. The van der Waals surface area contributed by atoms with E-state index >= 15 is 0 Å².